The molecule has 1 aromatic rings. The first-order chi connectivity index (χ1) is 10.2. The maximum Gasteiger partial charge on any atom is 0.337 e. The lowest BCUT2D eigenvalue weighted by molar-refractivity contribution is 0.0600. The van der Waals surface area contributed by atoms with Gasteiger partial charge in [0, 0.05) is 12.6 Å². The number of benzene rings is 1. The molecule has 1 aromatic carbocycles. The number of rotatable bonds is 6. The number of nitrogens with one attached hydrogen (secondary N) is 1. The Hall–Kier alpha value is -1.39. The van der Waals surface area contributed by atoms with E-state index in [0.717, 1.165) is 32.6 Å². The molecule has 1 fully saturated rings. The predicted octanol–water partition coefficient (Wildman–Crippen LogP) is 2.44. The van der Waals surface area contributed by atoms with Gasteiger partial charge in [-0.15, -0.1) is 0 Å². The van der Waals surface area contributed by atoms with Crippen LogP contribution in [0.3, 0.4) is 0 Å². The number of hydrogen-bond donors (Lipinski definition) is 1. The second kappa shape index (κ2) is 8.15. The molecule has 0 amide bonds. The van der Waals surface area contributed by atoms with Crippen LogP contribution >= 0.6 is 0 Å². The van der Waals surface area contributed by atoms with Crippen molar-refractivity contribution in [3.8, 4) is 0 Å². The summed E-state index contributed by atoms with van der Waals surface area (Å²) >= 11 is 0. The van der Waals surface area contributed by atoms with E-state index in [-0.39, 0.29) is 5.97 Å². The van der Waals surface area contributed by atoms with E-state index < -0.39 is 0 Å². The molecule has 1 N–H and O–H groups in total. The van der Waals surface area contributed by atoms with E-state index in [2.05, 4.69) is 23.2 Å². The summed E-state index contributed by atoms with van der Waals surface area (Å²) < 4.78 is 4.80. The van der Waals surface area contributed by atoms with Crippen LogP contribution in [0.2, 0.25) is 0 Å². The fourth-order valence-corrected chi connectivity index (χ4v) is 3.00. The van der Waals surface area contributed by atoms with Gasteiger partial charge in [0.05, 0.1) is 12.7 Å². The van der Waals surface area contributed by atoms with Crippen LogP contribution in [0, 0.1) is 0 Å². The van der Waals surface area contributed by atoms with Gasteiger partial charge in [0.25, 0.3) is 0 Å². The molecule has 1 aliphatic heterocycles. The molecule has 1 aliphatic rings. The maximum atomic E-state index is 11.6. The van der Waals surface area contributed by atoms with Gasteiger partial charge in [-0.3, -0.25) is 4.90 Å². The normalized spacial score (nSPS) is 16.1. The van der Waals surface area contributed by atoms with Gasteiger partial charge in [-0.25, -0.2) is 4.79 Å². The maximum absolute atomic E-state index is 11.6. The Kier molecular flexibility index (Phi) is 6.21. The van der Waals surface area contributed by atoms with E-state index in [1.165, 1.54) is 25.5 Å². The zero-order chi connectivity index (χ0) is 15.1. The molecule has 1 saturated heterocycles. The minimum absolute atomic E-state index is 0.263. The third kappa shape index (κ3) is 4.55. The predicted molar refractivity (Wildman–Crippen MR) is 84.4 cm³/mol. The van der Waals surface area contributed by atoms with E-state index in [1.807, 2.05) is 18.2 Å². The first kappa shape index (κ1) is 16.0. The fourth-order valence-electron chi connectivity index (χ4n) is 3.00. The Morgan fingerprint density at radius 3 is 2.81 bits per heavy atom. The van der Waals surface area contributed by atoms with Crippen LogP contribution in [-0.4, -0.2) is 43.7 Å². The standard InChI is InChI=1S/C17H26N2O2/c1-3-11-19(16-7-9-18-10-8-16)13-14-5-4-6-15(12-14)17(20)21-2/h4-6,12,16,18H,3,7-11,13H2,1-2H3. The van der Waals surface area contributed by atoms with Gasteiger partial charge in [-0.2, -0.15) is 0 Å². The molecule has 0 atom stereocenters. The first-order valence-corrected chi connectivity index (χ1v) is 7.86. The minimum atomic E-state index is -0.263. The first-order valence-electron chi connectivity index (χ1n) is 7.86. The monoisotopic (exact) mass is 290 g/mol. The summed E-state index contributed by atoms with van der Waals surface area (Å²) in [6, 6.07) is 8.44. The molecular formula is C17H26N2O2. The molecule has 0 aliphatic carbocycles. The average molecular weight is 290 g/mol. The highest BCUT2D eigenvalue weighted by atomic mass is 16.5. The Labute approximate surface area is 127 Å². The molecule has 0 aromatic heterocycles. The van der Waals surface area contributed by atoms with Gasteiger partial charge in [0.2, 0.25) is 0 Å². The largest absolute Gasteiger partial charge is 0.465 e. The highest BCUT2D eigenvalue weighted by Crippen LogP contribution is 2.17. The number of hydrogen-bond acceptors (Lipinski definition) is 4. The lowest BCUT2D eigenvalue weighted by Crippen LogP contribution is -2.43. The molecular weight excluding hydrogens is 264 g/mol. The van der Waals surface area contributed by atoms with Crippen molar-refractivity contribution in [2.24, 2.45) is 0 Å². The SMILES string of the molecule is CCCN(Cc1cccc(C(=O)OC)c1)C1CCNCC1. The number of ether oxygens (including phenoxy) is 1. The third-order valence-corrected chi connectivity index (χ3v) is 4.07. The number of carbonyl (C=O) groups excluding carboxylic acids is 1. The molecule has 1 heterocycles. The van der Waals surface area contributed by atoms with Gasteiger partial charge in [-0.05, 0) is 56.6 Å². The topological polar surface area (TPSA) is 41.6 Å². The van der Waals surface area contributed by atoms with Gasteiger partial charge < -0.3 is 10.1 Å². The Morgan fingerprint density at radius 1 is 1.38 bits per heavy atom. The lowest BCUT2D eigenvalue weighted by atomic mass is 10.0. The van der Waals surface area contributed by atoms with Gasteiger partial charge in [-0.1, -0.05) is 19.1 Å². The Balaban J connectivity index is 2.07. The molecule has 0 radical (unpaired) electrons. The van der Waals surface area contributed by atoms with Crippen LogP contribution in [0.1, 0.15) is 42.1 Å². The second-order valence-electron chi connectivity index (χ2n) is 5.64. The summed E-state index contributed by atoms with van der Waals surface area (Å²) in [6.07, 6.45) is 3.56. The average Bonchev–Trinajstić information content (AvgIpc) is 2.55. The third-order valence-electron chi connectivity index (χ3n) is 4.07. The number of methoxy groups -OCH3 is 1. The molecule has 4 nitrogen and oxygen atoms in total. The molecule has 21 heavy (non-hydrogen) atoms. The zero-order valence-corrected chi connectivity index (χ0v) is 13.1. The van der Waals surface area contributed by atoms with Crippen LogP contribution in [0.5, 0.6) is 0 Å². The quantitative estimate of drug-likeness (QED) is 0.817. The number of piperidine rings is 1. The van der Waals surface area contributed by atoms with Crippen molar-refractivity contribution in [3.05, 3.63) is 35.4 Å². The highest BCUT2D eigenvalue weighted by molar-refractivity contribution is 5.89. The van der Waals surface area contributed by atoms with E-state index >= 15 is 0 Å². The van der Waals surface area contributed by atoms with Crippen molar-refractivity contribution >= 4 is 5.97 Å². The summed E-state index contributed by atoms with van der Waals surface area (Å²) in [5.41, 5.74) is 1.82. The van der Waals surface area contributed by atoms with E-state index in [1.54, 1.807) is 0 Å². The lowest BCUT2D eigenvalue weighted by Gasteiger charge is -2.34. The van der Waals surface area contributed by atoms with Crippen molar-refractivity contribution in [2.45, 2.75) is 38.8 Å². The van der Waals surface area contributed by atoms with Crippen LogP contribution in [-0.2, 0) is 11.3 Å². The number of nitrogens with zero attached hydrogens (tertiary/aromatic N) is 1. The van der Waals surface area contributed by atoms with Crippen molar-refractivity contribution in [3.63, 3.8) is 0 Å². The van der Waals surface area contributed by atoms with Crippen molar-refractivity contribution in [2.75, 3.05) is 26.7 Å². The van der Waals surface area contributed by atoms with Crippen molar-refractivity contribution < 1.29 is 9.53 Å². The number of esters is 1. The molecule has 0 saturated carbocycles. The fraction of sp³-hybridized carbons (Fsp3) is 0.588. The molecule has 0 spiro atoms. The van der Waals surface area contributed by atoms with E-state index in [9.17, 15) is 4.79 Å². The molecule has 0 bridgehead atoms. The van der Waals surface area contributed by atoms with Crippen molar-refractivity contribution in [1.82, 2.24) is 10.2 Å². The smallest absolute Gasteiger partial charge is 0.337 e. The second-order valence-corrected chi connectivity index (χ2v) is 5.64. The summed E-state index contributed by atoms with van der Waals surface area (Å²) in [5.74, 6) is -0.263. The molecule has 0 unspecified atom stereocenters. The zero-order valence-electron chi connectivity index (χ0n) is 13.1. The minimum Gasteiger partial charge on any atom is -0.465 e. The van der Waals surface area contributed by atoms with Crippen molar-refractivity contribution in [1.29, 1.82) is 0 Å². The molecule has 4 heteroatoms. The number of carbonyl (C=O) groups is 1. The Bertz CT molecular complexity index is 456. The van der Waals surface area contributed by atoms with Gasteiger partial charge in [0.15, 0.2) is 0 Å². The van der Waals surface area contributed by atoms with Crippen LogP contribution < -0.4 is 5.32 Å². The van der Waals surface area contributed by atoms with Crippen LogP contribution in [0.15, 0.2) is 24.3 Å². The molecule has 2 rings (SSSR count). The van der Waals surface area contributed by atoms with Gasteiger partial charge in [0.1, 0.15) is 0 Å². The summed E-state index contributed by atoms with van der Waals surface area (Å²) in [6.45, 7) is 6.44. The van der Waals surface area contributed by atoms with E-state index in [0.29, 0.717) is 11.6 Å². The summed E-state index contributed by atoms with van der Waals surface area (Å²) in [5, 5.41) is 3.42. The summed E-state index contributed by atoms with van der Waals surface area (Å²) in [7, 11) is 1.42. The van der Waals surface area contributed by atoms with Crippen LogP contribution in [0.4, 0.5) is 0 Å². The summed E-state index contributed by atoms with van der Waals surface area (Å²) in [4.78, 5) is 14.2. The Morgan fingerprint density at radius 2 is 2.14 bits per heavy atom. The molecule has 116 valence electrons. The highest BCUT2D eigenvalue weighted by Gasteiger charge is 2.20. The van der Waals surface area contributed by atoms with Gasteiger partial charge >= 0.3 is 5.97 Å². The van der Waals surface area contributed by atoms with E-state index in [4.69, 9.17) is 4.74 Å². The van der Waals surface area contributed by atoms with Crippen LogP contribution in [0.25, 0.3) is 0 Å².